The van der Waals surface area contributed by atoms with Crippen LogP contribution in [-0.4, -0.2) is 18.8 Å². The lowest BCUT2D eigenvalue weighted by molar-refractivity contribution is 0.544. The number of hydrogen-bond acceptors (Lipinski definition) is 2. The van der Waals surface area contributed by atoms with Gasteiger partial charge in [-0.15, -0.1) is 5.10 Å². The molecule has 0 N–H and O–H groups in total. The van der Waals surface area contributed by atoms with E-state index in [0.717, 1.165) is 30.4 Å². The van der Waals surface area contributed by atoms with Crippen molar-refractivity contribution < 1.29 is 0 Å². The highest BCUT2D eigenvalue weighted by Crippen LogP contribution is 2.31. The first-order valence-corrected chi connectivity index (χ1v) is 6.55. The van der Waals surface area contributed by atoms with Gasteiger partial charge in [-0.2, -0.15) is 0 Å². The molecule has 0 aliphatic heterocycles. The average molecular weight is 293 g/mol. The molecule has 0 saturated carbocycles. The van der Waals surface area contributed by atoms with Gasteiger partial charge in [-0.1, -0.05) is 52.1 Å². The minimum atomic E-state index is -1.15. The van der Waals surface area contributed by atoms with Crippen LogP contribution in [0.5, 0.6) is 0 Å². The minimum absolute atomic E-state index is 0.560. The molecule has 0 bridgehead atoms. The van der Waals surface area contributed by atoms with Gasteiger partial charge in [0.05, 0.1) is 5.52 Å². The molecule has 17 heavy (non-hydrogen) atoms. The van der Waals surface area contributed by atoms with Crippen LogP contribution < -0.4 is 0 Å². The van der Waals surface area contributed by atoms with Crippen LogP contribution in [0.15, 0.2) is 24.3 Å². The summed E-state index contributed by atoms with van der Waals surface area (Å²) in [6.07, 6.45) is 2.33. The summed E-state index contributed by atoms with van der Waals surface area (Å²) in [5.74, 6) is 0. The molecular weight excluding hydrogens is 281 g/mol. The van der Waals surface area contributed by atoms with Crippen molar-refractivity contribution in [3.63, 3.8) is 0 Å². The summed E-state index contributed by atoms with van der Waals surface area (Å²) < 4.78 is 0.734. The second-order valence-electron chi connectivity index (χ2n) is 3.87. The maximum Gasteiger partial charge on any atom is 0.190 e. The third-order valence-electron chi connectivity index (χ3n) is 2.50. The van der Waals surface area contributed by atoms with Gasteiger partial charge >= 0.3 is 0 Å². The van der Waals surface area contributed by atoms with Crippen LogP contribution in [-0.2, 0) is 6.54 Å². The maximum absolute atomic E-state index is 5.68. The molecule has 1 heterocycles. The predicted molar refractivity (Wildman–Crippen MR) is 71.7 cm³/mol. The highest BCUT2D eigenvalue weighted by molar-refractivity contribution is 6.67. The Kier molecular flexibility index (Phi) is 4.13. The van der Waals surface area contributed by atoms with E-state index in [1.54, 1.807) is 0 Å². The first kappa shape index (κ1) is 12.9. The van der Waals surface area contributed by atoms with Crippen molar-refractivity contribution >= 4 is 45.8 Å². The zero-order chi connectivity index (χ0) is 12.3. The van der Waals surface area contributed by atoms with Gasteiger partial charge in [0.15, 0.2) is 3.79 Å². The van der Waals surface area contributed by atoms with E-state index in [0.29, 0.717) is 6.42 Å². The number of halogens is 3. The first-order chi connectivity index (χ1) is 8.06. The molecule has 0 saturated heterocycles. The number of hydrogen-bond donors (Lipinski definition) is 0. The molecule has 3 nitrogen and oxygen atoms in total. The molecule has 2 aromatic rings. The Morgan fingerprint density at radius 2 is 1.88 bits per heavy atom. The van der Waals surface area contributed by atoms with Crippen molar-refractivity contribution in [3.05, 3.63) is 24.3 Å². The molecule has 0 aliphatic carbocycles. The van der Waals surface area contributed by atoms with E-state index in [2.05, 4.69) is 10.3 Å². The molecule has 1 aromatic heterocycles. The van der Waals surface area contributed by atoms with Crippen molar-refractivity contribution in [2.45, 2.75) is 29.6 Å². The van der Waals surface area contributed by atoms with Gasteiger partial charge in [-0.25, -0.2) is 4.68 Å². The van der Waals surface area contributed by atoms with E-state index in [4.69, 9.17) is 34.8 Å². The zero-order valence-corrected chi connectivity index (χ0v) is 11.4. The van der Waals surface area contributed by atoms with Crippen molar-refractivity contribution in [2.75, 3.05) is 0 Å². The Hall–Kier alpha value is -0.510. The average Bonchev–Trinajstić information content (AvgIpc) is 2.67. The Morgan fingerprint density at radius 1 is 1.12 bits per heavy atom. The number of nitrogens with zero attached hydrogens (tertiary/aromatic N) is 3. The fourth-order valence-corrected chi connectivity index (χ4v) is 2.07. The molecule has 92 valence electrons. The summed E-state index contributed by atoms with van der Waals surface area (Å²) in [7, 11) is 0. The number of rotatable bonds is 4. The second-order valence-corrected chi connectivity index (χ2v) is 6.39. The Labute approximate surface area is 115 Å². The molecule has 6 heteroatoms. The van der Waals surface area contributed by atoms with Crippen molar-refractivity contribution in [1.82, 2.24) is 15.0 Å². The highest BCUT2D eigenvalue weighted by Gasteiger charge is 2.18. The normalized spacial score (nSPS) is 12.2. The zero-order valence-electron chi connectivity index (χ0n) is 9.11. The van der Waals surface area contributed by atoms with Crippen LogP contribution in [0.2, 0.25) is 0 Å². The number of aromatic nitrogens is 3. The fourth-order valence-electron chi connectivity index (χ4n) is 1.67. The molecular formula is C11H12Cl3N3. The van der Waals surface area contributed by atoms with E-state index in [1.165, 1.54) is 0 Å². The largest absolute Gasteiger partial charge is 0.245 e. The Morgan fingerprint density at radius 3 is 2.65 bits per heavy atom. The van der Waals surface area contributed by atoms with Crippen LogP contribution in [0.1, 0.15) is 19.3 Å². The molecule has 0 spiro atoms. The van der Waals surface area contributed by atoms with E-state index in [1.807, 2.05) is 28.9 Å². The third-order valence-corrected chi connectivity index (χ3v) is 3.07. The topological polar surface area (TPSA) is 30.7 Å². The quantitative estimate of drug-likeness (QED) is 0.630. The molecule has 2 rings (SSSR count). The summed E-state index contributed by atoms with van der Waals surface area (Å²) in [5, 5.41) is 8.18. The molecule has 0 amide bonds. The number of benzene rings is 1. The smallest absolute Gasteiger partial charge is 0.190 e. The van der Waals surface area contributed by atoms with E-state index >= 15 is 0 Å². The van der Waals surface area contributed by atoms with E-state index in [9.17, 15) is 0 Å². The van der Waals surface area contributed by atoms with Crippen LogP contribution in [0.4, 0.5) is 0 Å². The van der Waals surface area contributed by atoms with Gasteiger partial charge in [0, 0.05) is 6.54 Å². The van der Waals surface area contributed by atoms with Gasteiger partial charge in [0.1, 0.15) is 5.52 Å². The highest BCUT2D eigenvalue weighted by atomic mass is 35.6. The molecule has 0 atom stereocenters. The van der Waals surface area contributed by atoms with Gasteiger partial charge in [-0.05, 0) is 31.4 Å². The van der Waals surface area contributed by atoms with Gasteiger partial charge in [-0.3, -0.25) is 0 Å². The molecule has 0 fully saturated rings. The Bertz CT molecular complexity index is 490. The number of unbranched alkanes of at least 4 members (excludes halogenated alkanes) is 1. The van der Waals surface area contributed by atoms with Crippen molar-refractivity contribution in [3.8, 4) is 0 Å². The fraction of sp³-hybridized carbons (Fsp3) is 0.455. The summed E-state index contributed by atoms with van der Waals surface area (Å²) in [6, 6.07) is 7.87. The van der Waals surface area contributed by atoms with Crippen LogP contribution in [0, 0.1) is 0 Å². The number of aryl methyl sites for hydroxylation is 1. The second kappa shape index (κ2) is 5.42. The summed E-state index contributed by atoms with van der Waals surface area (Å²) in [5.41, 5.74) is 1.95. The summed E-state index contributed by atoms with van der Waals surface area (Å²) in [4.78, 5) is 0. The summed E-state index contributed by atoms with van der Waals surface area (Å²) in [6.45, 7) is 0.793. The minimum Gasteiger partial charge on any atom is -0.245 e. The van der Waals surface area contributed by atoms with Crippen molar-refractivity contribution in [1.29, 1.82) is 0 Å². The first-order valence-electron chi connectivity index (χ1n) is 5.41. The number of fused-ring (bicyclic) bond motifs is 1. The van der Waals surface area contributed by atoms with Gasteiger partial charge < -0.3 is 0 Å². The lowest BCUT2D eigenvalue weighted by atomic mass is 10.2. The van der Waals surface area contributed by atoms with E-state index in [-0.39, 0.29) is 0 Å². The van der Waals surface area contributed by atoms with Crippen LogP contribution >= 0.6 is 34.8 Å². The van der Waals surface area contributed by atoms with Gasteiger partial charge in [0.2, 0.25) is 0 Å². The van der Waals surface area contributed by atoms with Crippen LogP contribution in [0.3, 0.4) is 0 Å². The predicted octanol–water partition coefficient (Wildman–Crippen LogP) is 3.97. The molecule has 1 aromatic carbocycles. The van der Waals surface area contributed by atoms with Gasteiger partial charge in [0.25, 0.3) is 0 Å². The number of para-hydroxylation sites is 1. The van der Waals surface area contributed by atoms with E-state index < -0.39 is 3.79 Å². The third kappa shape index (κ3) is 3.73. The Balaban J connectivity index is 1.91. The monoisotopic (exact) mass is 291 g/mol. The lowest BCUT2D eigenvalue weighted by Crippen LogP contribution is -2.04. The maximum atomic E-state index is 5.68. The number of alkyl halides is 3. The molecule has 0 aliphatic rings. The van der Waals surface area contributed by atoms with Crippen LogP contribution in [0.25, 0.3) is 11.0 Å². The lowest BCUT2D eigenvalue weighted by Gasteiger charge is -2.09. The standard InChI is InChI=1S/C11H12Cl3N3/c12-11(13,14)7-3-4-8-17-10-6-2-1-5-9(10)15-16-17/h1-2,5-6H,3-4,7-8H2. The molecule has 0 unspecified atom stereocenters. The summed E-state index contributed by atoms with van der Waals surface area (Å²) >= 11 is 17.1. The van der Waals surface area contributed by atoms with Crippen molar-refractivity contribution in [2.24, 2.45) is 0 Å². The molecule has 0 radical (unpaired) electrons. The SMILES string of the molecule is ClC(Cl)(Cl)CCCCn1nnc2ccccc21.